The van der Waals surface area contributed by atoms with Gasteiger partial charge in [0.2, 0.25) is 0 Å². The second-order valence-electron chi connectivity index (χ2n) is 3.33. The number of hydrogen-bond donors (Lipinski definition) is 2. The minimum absolute atomic E-state index is 0.0370. The molecule has 0 radical (unpaired) electrons. The first-order chi connectivity index (χ1) is 8.16. The quantitative estimate of drug-likeness (QED) is 0.675. The SMILES string of the molecule is N=C(N)c1ccc(Sc2ccccc2Br)nc1. The van der Waals surface area contributed by atoms with Crippen molar-refractivity contribution in [2.45, 2.75) is 9.92 Å². The molecule has 0 fully saturated rings. The fourth-order valence-electron chi connectivity index (χ4n) is 1.24. The average molecular weight is 308 g/mol. The third kappa shape index (κ3) is 3.08. The number of hydrogen-bond acceptors (Lipinski definition) is 3. The average Bonchev–Trinajstić information content (AvgIpc) is 2.33. The lowest BCUT2D eigenvalue weighted by Gasteiger charge is -2.04. The van der Waals surface area contributed by atoms with E-state index in [1.165, 1.54) is 0 Å². The second-order valence-corrected chi connectivity index (χ2v) is 5.25. The van der Waals surface area contributed by atoms with Gasteiger partial charge in [-0.05, 0) is 40.2 Å². The molecule has 0 aliphatic rings. The van der Waals surface area contributed by atoms with Gasteiger partial charge in [0.05, 0.1) is 0 Å². The fraction of sp³-hybridized carbons (Fsp3) is 0. The van der Waals surface area contributed by atoms with Crippen molar-refractivity contribution >= 4 is 33.5 Å². The molecule has 0 unspecified atom stereocenters. The molecule has 3 N–H and O–H groups in total. The summed E-state index contributed by atoms with van der Waals surface area (Å²) in [5.74, 6) is 0.0370. The molecule has 0 aliphatic heterocycles. The largest absolute Gasteiger partial charge is 0.384 e. The highest BCUT2D eigenvalue weighted by molar-refractivity contribution is 9.10. The first-order valence-electron chi connectivity index (χ1n) is 4.89. The minimum atomic E-state index is 0.0370. The van der Waals surface area contributed by atoms with Gasteiger partial charge in [-0.2, -0.15) is 0 Å². The van der Waals surface area contributed by atoms with Crippen LogP contribution in [0.3, 0.4) is 0 Å². The number of nitrogen functional groups attached to an aromatic ring is 1. The molecule has 2 rings (SSSR count). The molecular formula is C12H10BrN3S. The number of halogens is 1. The van der Waals surface area contributed by atoms with E-state index in [1.54, 1.807) is 24.0 Å². The summed E-state index contributed by atoms with van der Waals surface area (Å²) in [5, 5.41) is 8.16. The number of benzene rings is 1. The van der Waals surface area contributed by atoms with Crippen LogP contribution in [0.5, 0.6) is 0 Å². The van der Waals surface area contributed by atoms with E-state index in [-0.39, 0.29) is 5.84 Å². The Hall–Kier alpha value is -1.33. The second kappa shape index (κ2) is 5.33. The van der Waals surface area contributed by atoms with E-state index in [9.17, 15) is 0 Å². The number of pyridine rings is 1. The molecule has 1 aromatic carbocycles. The highest BCUT2D eigenvalue weighted by atomic mass is 79.9. The Balaban J connectivity index is 2.20. The summed E-state index contributed by atoms with van der Waals surface area (Å²) in [5.41, 5.74) is 6.01. The minimum Gasteiger partial charge on any atom is -0.384 e. The number of aromatic nitrogens is 1. The Labute approximate surface area is 112 Å². The lowest BCUT2D eigenvalue weighted by atomic mass is 10.3. The van der Waals surface area contributed by atoms with Crippen molar-refractivity contribution in [1.29, 1.82) is 5.41 Å². The normalized spacial score (nSPS) is 10.2. The van der Waals surface area contributed by atoms with Crippen molar-refractivity contribution in [2.24, 2.45) is 5.73 Å². The molecule has 0 bridgehead atoms. The van der Waals surface area contributed by atoms with Gasteiger partial charge in [-0.25, -0.2) is 4.98 Å². The van der Waals surface area contributed by atoms with E-state index in [1.807, 2.05) is 30.3 Å². The maximum atomic E-state index is 7.28. The van der Waals surface area contributed by atoms with Crippen LogP contribution in [0.4, 0.5) is 0 Å². The molecule has 86 valence electrons. The van der Waals surface area contributed by atoms with Crippen molar-refractivity contribution in [3.63, 3.8) is 0 Å². The topological polar surface area (TPSA) is 62.8 Å². The van der Waals surface area contributed by atoms with E-state index in [0.29, 0.717) is 5.56 Å². The van der Waals surface area contributed by atoms with E-state index >= 15 is 0 Å². The lowest BCUT2D eigenvalue weighted by Crippen LogP contribution is -2.10. The van der Waals surface area contributed by atoms with Crippen LogP contribution in [0.25, 0.3) is 0 Å². The Morgan fingerprint density at radius 1 is 1.24 bits per heavy atom. The predicted octanol–water partition coefficient (Wildman–Crippen LogP) is 3.28. The number of nitrogens with two attached hydrogens (primary N) is 1. The Morgan fingerprint density at radius 2 is 2.00 bits per heavy atom. The Bertz CT molecular complexity index is 540. The van der Waals surface area contributed by atoms with E-state index in [4.69, 9.17) is 11.1 Å². The van der Waals surface area contributed by atoms with Crippen LogP contribution in [-0.2, 0) is 0 Å². The van der Waals surface area contributed by atoms with Gasteiger partial charge >= 0.3 is 0 Å². The third-order valence-corrected chi connectivity index (χ3v) is 4.08. The van der Waals surface area contributed by atoms with E-state index < -0.39 is 0 Å². The van der Waals surface area contributed by atoms with Crippen molar-refractivity contribution in [2.75, 3.05) is 0 Å². The molecule has 3 nitrogen and oxygen atoms in total. The van der Waals surface area contributed by atoms with Crippen molar-refractivity contribution in [3.8, 4) is 0 Å². The molecule has 0 aliphatic carbocycles. The summed E-state index contributed by atoms with van der Waals surface area (Å²) in [6.45, 7) is 0. The van der Waals surface area contributed by atoms with Crippen LogP contribution in [0, 0.1) is 5.41 Å². The van der Waals surface area contributed by atoms with Gasteiger partial charge in [-0.15, -0.1) is 0 Å². The van der Waals surface area contributed by atoms with E-state index in [0.717, 1.165) is 14.4 Å². The molecule has 1 heterocycles. The zero-order chi connectivity index (χ0) is 12.3. The van der Waals surface area contributed by atoms with Crippen LogP contribution in [-0.4, -0.2) is 10.8 Å². The molecule has 0 saturated carbocycles. The molecule has 0 atom stereocenters. The highest BCUT2D eigenvalue weighted by Crippen LogP contribution is 2.31. The summed E-state index contributed by atoms with van der Waals surface area (Å²) in [4.78, 5) is 5.36. The van der Waals surface area contributed by atoms with Crippen LogP contribution in [0.1, 0.15) is 5.56 Å². The Kier molecular flexibility index (Phi) is 3.81. The van der Waals surface area contributed by atoms with Crippen molar-refractivity contribution in [1.82, 2.24) is 4.98 Å². The van der Waals surface area contributed by atoms with Gasteiger partial charge in [0, 0.05) is 21.1 Å². The summed E-state index contributed by atoms with van der Waals surface area (Å²) in [6.07, 6.45) is 1.61. The van der Waals surface area contributed by atoms with Gasteiger partial charge in [0.1, 0.15) is 10.9 Å². The Morgan fingerprint density at radius 3 is 2.59 bits per heavy atom. The fourth-order valence-corrected chi connectivity index (χ4v) is 2.55. The van der Waals surface area contributed by atoms with Gasteiger partial charge in [0.25, 0.3) is 0 Å². The van der Waals surface area contributed by atoms with Crippen molar-refractivity contribution < 1.29 is 0 Å². The van der Waals surface area contributed by atoms with Crippen molar-refractivity contribution in [3.05, 3.63) is 52.6 Å². The molecule has 0 saturated heterocycles. The lowest BCUT2D eigenvalue weighted by molar-refractivity contribution is 1.12. The standard InChI is InChI=1S/C12H10BrN3S/c13-9-3-1-2-4-10(9)17-11-6-5-8(7-16-11)12(14)15/h1-7H,(H3,14,15). The predicted molar refractivity (Wildman–Crippen MR) is 73.5 cm³/mol. The van der Waals surface area contributed by atoms with Gasteiger partial charge in [-0.3, -0.25) is 5.41 Å². The summed E-state index contributed by atoms with van der Waals surface area (Å²) in [6, 6.07) is 11.6. The molecule has 0 amide bonds. The van der Waals surface area contributed by atoms with Crippen LogP contribution < -0.4 is 5.73 Å². The monoisotopic (exact) mass is 307 g/mol. The maximum absolute atomic E-state index is 7.28. The third-order valence-electron chi connectivity index (χ3n) is 2.10. The molecule has 0 spiro atoms. The zero-order valence-electron chi connectivity index (χ0n) is 8.85. The molecule has 1 aromatic heterocycles. The summed E-state index contributed by atoms with van der Waals surface area (Å²) in [7, 11) is 0. The number of rotatable bonds is 3. The molecular weight excluding hydrogens is 298 g/mol. The summed E-state index contributed by atoms with van der Waals surface area (Å²) < 4.78 is 1.04. The highest BCUT2D eigenvalue weighted by Gasteiger charge is 2.03. The van der Waals surface area contributed by atoms with Gasteiger partial charge < -0.3 is 5.73 Å². The van der Waals surface area contributed by atoms with Crippen LogP contribution >= 0.6 is 27.7 Å². The number of nitrogens with zero attached hydrogens (tertiary/aromatic N) is 1. The van der Waals surface area contributed by atoms with Gasteiger partial charge in [-0.1, -0.05) is 23.9 Å². The summed E-state index contributed by atoms with van der Waals surface area (Å²) >= 11 is 5.05. The molecule has 5 heteroatoms. The van der Waals surface area contributed by atoms with Crippen LogP contribution in [0.2, 0.25) is 0 Å². The number of amidine groups is 1. The first-order valence-corrected chi connectivity index (χ1v) is 6.50. The smallest absolute Gasteiger partial charge is 0.124 e. The first kappa shape index (κ1) is 12.1. The molecule has 2 aromatic rings. The van der Waals surface area contributed by atoms with E-state index in [2.05, 4.69) is 20.9 Å². The molecule has 17 heavy (non-hydrogen) atoms. The van der Waals surface area contributed by atoms with Gasteiger partial charge in [0.15, 0.2) is 0 Å². The zero-order valence-corrected chi connectivity index (χ0v) is 11.3. The van der Waals surface area contributed by atoms with Crippen LogP contribution in [0.15, 0.2) is 57.0 Å². The number of nitrogens with one attached hydrogen (secondary N) is 1. The maximum Gasteiger partial charge on any atom is 0.124 e.